The number of hydrogen-bond donors (Lipinski definition) is 2. The smallest absolute Gasteiger partial charge is 0.251 e. The molecule has 1 saturated carbocycles. The average Bonchev–Trinajstić information content (AvgIpc) is 2.96. The molecule has 2 aromatic rings. The molecule has 1 aliphatic carbocycles. The number of sulfonamides is 1. The zero-order chi connectivity index (χ0) is 19.1. The van der Waals surface area contributed by atoms with E-state index in [1.165, 1.54) is 25.0 Å². The van der Waals surface area contributed by atoms with Crippen LogP contribution in [0.25, 0.3) is 0 Å². The van der Waals surface area contributed by atoms with E-state index in [1.54, 1.807) is 36.7 Å². The number of rotatable bonds is 6. The summed E-state index contributed by atoms with van der Waals surface area (Å²) in [4.78, 5) is 16.5. The second-order valence-corrected chi connectivity index (χ2v) is 8.63. The topological polar surface area (TPSA) is 88.2 Å². The summed E-state index contributed by atoms with van der Waals surface area (Å²) in [5.74, 6) is -0.143. The van der Waals surface area contributed by atoms with E-state index in [0.29, 0.717) is 5.56 Å². The maximum atomic E-state index is 12.4. The fourth-order valence-electron chi connectivity index (χ4n) is 3.24. The lowest BCUT2D eigenvalue weighted by Crippen LogP contribution is -2.34. The highest BCUT2D eigenvalue weighted by Crippen LogP contribution is 2.18. The molecule has 144 valence electrons. The van der Waals surface area contributed by atoms with Crippen LogP contribution in [-0.4, -0.2) is 25.4 Å². The van der Waals surface area contributed by atoms with Gasteiger partial charge in [-0.3, -0.25) is 9.78 Å². The molecule has 2 N–H and O–H groups in total. The predicted octanol–water partition coefficient (Wildman–Crippen LogP) is 3.01. The molecule has 3 rings (SSSR count). The molecule has 0 radical (unpaired) electrons. The van der Waals surface area contributed by atoms with E-state index in [0.717, 1.165) is 31.2 Å². The molecule has 7 heteroatoms. The van der Waals surface area contributed by atoms with Crippen molar-refractivity contribution in [2.24, 2.45) is 0 Å². The third-order valence-electron chi connectivity index (χ3n) is 4.83. The molecular weight excluding hydrogens is 362 g/mol. The van der Waals surface area contributed by atoms with Gasteiger partial charge in [0.25, 0.3) is 5.91 Å². The minimum Gasteiger partial charge on any atom is -0.349 e. The second kappa shape index (κ2) is 9.10. The van der Waals surface area contributed by atoms with E-state index >= 15 is 0 Å². The number of carbonyl (C=O) groups is 1. The van der Waals surface area contributed by atoms with Crippen LogP contribution in [0.15, 0.2) is 53.7 Å². The standard InChI is InChI=1S/C20H25N3O3S/c24-20(23-18-5-3-1-2-4-6-18)17-7-9-19(10-8-17)27(25,26)22-15-16-11-13-21-14-12-16/h7-14,18,22H,1-6,15H2,(H,23,24). The normalized spacial score (nSPS) is 15.9. The van der Waals surface area contributed by atoms with E-state index in [4.69, 9.17) is 0 Å². The zero-order valence-corrected chi connectivity index (χ0v) is 16.0. The molecular formula is C20H25N3O3S. The van der Waals surface area contributed by atoms with Crippen LogP contribution >= 0.6 is 0 Å². The van der Waals surface area contributed by atoms with Crippen molar-refractivity contribution in [3.8, 4) is 0 Å². The van der Waals surface area contributed by atoms with Crippen LogP contribution in [0.2, 0.25) is 0 Å². The van der Waals surface area contributed by atoms with E-state index in [9.17, 15) is 13.2 Å². The Bertz CT molecular complexity index is 844. The molecule has 6 nitrogen and oxygen atoms in total. The molecule has 0 unspecified atom stereocenters. The summed E-state index contributed by atoms with van der Waals surface area (Å²) in [6.07, 6.45) is 10.00. The van der Waals surface area contributed by atoms with Crippen LogP contribution in [0.1, 0.15) is 54.4 Å². The van der Waals surface area contributed by atoms with Crippen molar-refractivity contribution < 1.29 is 13.2 Å². The predicted molar refractivity (Wildman–Crippen MR) is 104 cm³/mol. The van der Waals surface area contributed by atoms with Crippen LogP contribution in [0.5, 0.6) is 0 Å². The van der Waals surface area contributed by atoms with E-state index in [2.05, 4.69) is 15.0 Å². The number of carbonyl (C=O) groups excluding carboxylic acids is 1. The second-order valence-electron chi connectivity index (χ2n) is 6.87. The van der Waals surface area contributed by atoms with Gasteiger partial charge in [0.2, 0.25) is 10.0 Å². The number of hydrogen-bond acceptors (Lipinski definition) is 4. The van der Waals surface area contributed by atoms with Gasteiger partial charge in [-0.25, -0.2) is 13.1 Å². The van der Waals surface area contributed by atoms with E-state index in [-0.39, 0.29) is 23.4 Å². The quantitative estimate of drug-likeness (QED) is 0.746. The molecule has 1 amide bonds. The van der Waals surface area contributed by atoms with Crippen molar-refractivity contribution in [2.75, 3.05) is 0 Å². The SMILES string of the molecule is O=C(NC1CCCCCC1)c1ccc(S(=O)(=O)NCc2ccncc2)cc1. The molecule has 0 aliphatic heterocycles. The van der Waals surface area contributed by atoms with Crippen LogP contribution in [0.3, 0.4) is 0 Å². The van der Waals surface area contributed by atoms with Gasteiger partial charge >= 0.3 is 0 Å². The Morgan fingerprint density at radius 3 is 2.22 bits per heavy atom. The average molecular weight is 388 g/mol. The van der Waals surface area contributed by atoms with Gasteiger partial charge in [-0.15, -0.1) is 0 Å². The summed E-state index contributed by atoms with van der Waals surface area (Å²) in [5.41, 5.74) is 1.31. The molecule has 1 fully saturated rings. The number of aromatic nitrogens is 1. The van der Waals surface area contributed by atoms with E-state index < -0.39 is 10.0 Å². The highest BCUT2D eigenvalue weighted by atomic mass is 32.2. The van der Waals surface area contributed by atoms with Gasteiger partial charge in [0.05, 0.1) is 4.90 Å². The molecule has 0 spiro atoms. The summed E-state index contributed by atoms with van der Waals surface area (Å²) in [7, 11) is -3.64. The minimum atomic E-state index is -3.64. The monoisotopic (exact) mass is 387 g/mol. The van der Waals surface area contributed by atoms with Gasteiger partial charge < -0.3 is 5.32 Å². The first-order chi connectivity index (χ1) is 13.0. The molecule has 1 heterocycles. The van der Waals surface area contributed by atoms with Crippen LogP contribution in [0, 0.1) is 0 Å². The van der Waals surface area contributed by atoms with Gasteiger partial charge in [-0.2, -0.15) is 0 Å². The first-order valence-corrected chi connectivity index (χ1v) is 10.8. The first-order valence-electron chi connectivity index (χ1n) is 9.34. The molecule has 1 aromatic carbocycles. The lowest BCUT2D eigenvalue weighted by molar-refractivity contribution is 0.0933. The van der Waals surface area contributed by atoms with Crippen molar-refractivity contribution in [3.63, 3.8) is 0 Å². The number of benzene rings is 1. The molecule has 27 heavy (non-hydrogen) atoms. The lowest BCUT2D eigenvalue weighted by Gasteiger charge is -2.16. The Balaban J connectivity index is 1.60. The summed E-state index contributed by atoms with van der Waals surface area (Å²) < 4.78 is 27.4. The van der Waals surface area contributed by atoms with Crippen molar-refractivity contribution >= 4 is 15.9 Å². The van der Waals surface area contributed by atoms with E-state index in [1.807, 2.05) is 0 Å². The maximum absolute atomic E-state index is 12.4. The summed E-state index contributed by atoms with van der Waals surface area (Å²) in [6, 6.07) is 9.78. The third kappa shape index (κ3) is 5.61. The number of pyridine rings is 1. The number of nitrogens with one attached hydrogen (secondary N) is 2. The Morgan fingerprint density at radius 1 is 0.963 bits per heavy atom. The van der Waals surface area contributed by atoms with Crippen molar-refractivity contribution in [1.82, 2.24) is 15.0 Å². The van der Waals surface area contributed by atoms with Crippen molar-refractivity contribution in [1.29, 1.82) is 0 Å². The lowest BCUT2D eigenvalue weighted by atomic mass is 10.1. The maximum Gasteiger partial charge on any atom is 0.251 e. The Kier molecular flexibility index (Phi) is 6.58. The molecule has 0 saturated heterocycles. The van der Waals surface area contributed by atoms with Crippen molar-refractivity contribution in [2.45, 2.75) is 56.0 Å². The largest absolute Gasteiger partial charge is 0.349 e. The van der Waals surface area contributed by atoms with Gasteiger partial charge in [-0.1, -0.05) is 25.7 Å². The molecule has 0 bridgehead atoms. The fraction of sp³-hybridized carbons (Fsp3) is 0.400. The van der Waals surface area contributed by atoms with Gasteiger partial charge in [0.15, 0.2) is 0 Å². The highest BCUT2D eigenvalue weighted by Gasteiger charge is 2.18. The summed E-state index contributed by atoms with van der Waals surface area (Å²) >= 11 is 0. The van der Waals surface area contributed by atoms with Crippen LogP contribution < -0.4 is 10.0 Å². The van der Waals surface area contributed by atoms with Gasteiger partial charge in [0, 0.05) is 30.5 Å². The third-order valence-corrected chi connectivity index (χ3v) is 6.25. The zero-order valence-electron chi connectivity index (χ0n) is 15.2. The Labute approximate surface area is 160 Å². The van der Waals surface area contributed by atoms with Crippen LogP contribution in [-0.2, 0) is 16.6 Å². The molecule has 1 aliphatic rings. The summed E-state index contributed by atoms with van der Waals surface area (Å²) in [6.45, 7) is 0.189. The number of amides is 1. The Morgan fingerprint density at radius 2 is 1.59 bits per heavy atom. The molecule has 0 atom stereocenters. The van der Waals surface area contributed by atoms with Crippen LogP contribution in [0.4, 0.5) is 0 Å². The number of nitrogens with zero attached hydrogens (tertiary/aromatic N) is 1. The van der Waals surface area contributed by atoms with Gasteiger partial charge in [-0.05, 0) is 54.8 Å². The minimum absolute atomic E-state index is 0.141. The first kappa shape index (κ1) is 19.5. The fourth-order valence-corrected chi connectivity index (χ4v) is 4.26. The molecule has 1 aromatic heterocycles. The van der Waals surface area contributed by atoms with Gasteiger partial charge in [0.1, 0.15) is 0 Å². The highest BCUT2D eigenvalue weighted by molar-refractivity contribution is 7.89. The Hall–Kier alpha value is -2.25. The summed E-state index contributed by atoms with van der Waals surface area (Å²) in [5, 5.41) is 3.07. The van der Waals surface area contributed by atoms with Crippen molar-refractivity contribution in [3.05, 3.63) is 59.9 Å².